The number of likely N-dealkylation sites (N-methyl/N-ethyl adjacent to an activating group) is 1. The molecule has 2 amide bonds. The molecule has 0 saturated carbocycles. The summed E-state index contributed by atoms with van der Waals surface area (Å²) in [5.41, 5.74) is 2.60. The van der Waals surface area contributed by atoms with Crippen LogP contribution in [0, 0.1) is 5.41 Å². The summed E-state index contributed by atoms with van der Waals surface area (Å²) in [5.74, 6) is -4.54. The Morgan fingerprint density at radius 3 is 2.21 bits per heavy atom. The smallest absolute Gasteiger partial charge is 0.348 e. The highest BCUT2D eigenvalue weighted by Gasteiger charge is 2.55. The number of esters is 4. The Labute approximate surface area is 384 Å². The molecule has 0 aromatic heterocycles. The summed E-state index contributed by atoms with van der Waals surface area (Å²) in [6.07, 6.45) is 1.92. The maximum absolute atomic E-state index is 14.7. The third kappa shape index (κ3) is 11.4. The van der Waals surface area contributed by atoms with Crippen molar-refractivity contribution in [2.24, 2.45) is 5.41 Å². The third-order valence-corrected chi connectivity index (χ3v) is 12.1. The summed E-state index contributed by atoms with van der Waals surface area (Å²) in [7, 11) is 1.53. The van der Waals surface area contributed by atoms with Crippen molar-refractivity contribution in [1.29, 1.82) is 0 Å². The van der Waals surface area contributed by atoms with Gasteiger partial charge in [0.1, 0.15) is 36.6 Å². The first-order valence-electron chi connectivity index (χ1n) is 22.3. The fourth-order valence-electron chi connectivity index (χ4n) is 8.65. The van der Waals surface area contributed by atoms with Gasteiger partial charge in [-0.3, -0.25) is 14.4 Å². The van der Waals surface area contributed by atoms with E-state index in [0.717, 1.165) is 16.7 Å². The summed E-state index contributed by atoms with van der Waals surface area (Å²) in [5, 5.41) is 13.1. The second-order valence-corrected chi connectivity index (χ2v) is 19.0. The zero-order chi connectivity index (χ0) is 47.4. The summed E-state index contributed by atoms with van der Waals surface area (Å²) in [4.78, 5) is 81.2. The molecule has 2 aliphatic carbocycles. The number of aliphatic hydroxyl groups excluding tert-OH is 1. The number of nitrogens with zero attached hydrogens (tertiary/aromatic N) is 1. The van der Waals surface area contributed by atoms with Crippen LogP contribution in [0.3, 0.4) is 0 Å². The quantitative estimate of drug-likeness (QED) is 0.118. The fraction of sp³-hybridized carbons (Fsp3) is 0.451. The topological polar surface area (TPSA) is 193 Å². The highest BCUT2D eigenvalue weighted by atomic mass is 16.8. The average Bonchev–Trinajstić information content (AvgIpc) is 3.92. The Bertz CT molecular complexity index is 2340. The number of ether oxygens (including phenoxy) is 6. The number of amides is 2. The molecule has 66 heavy (non-hydrogen) atoms. The van der Waals surface area contributed by atoms with E-state index in [2.05, 4.69) is 5.32 Å². The molecule has 350 valence electrons. The number of cyclic esters (lactones) is 1. The SMILES string of the molecule is CN(C(=O)C1=CC2OC3(Cc4ccccc4C3)OC2C(OC(=O)c2ccc(C=CC(=O)OC3C(=O)OCC3(C)C)cc2)C1)C(Cc1ccccc1)C(=O)NC(CO)CCC(=O)OC(C)(C)C. The lowest BCUT2D eigenvalue weighted by Crippen LogP contribution is -2.53. The van der Waals surface area contributed by atoms with E-state index in [-0.39, 0.29) is 43.4 Å². The van der Waals surface area contributed by atoms with E-state index in [9.17, 15) is 33.9 Å². The molecule has 2 fully saturated rings. The summed E-state index contributed by atoms with van der Waals surface area (Å²) < 4.78 is 35.4. The molecule has 2 aliphatic heterocycles. The molecule has 2 saturated heterocycles. The number of benzene rings is 3. The van der Waals surface area contributed by atoms with Crippen molar-refractivity contribution in [3.8, 4) is 0 Å². The van der Waals surface area contributed by atoms with Gasteiger partial charge >= 0.3 is 23.9 Å². The molecule has 2 N–H and O–H groups in total. The molecule has 3 aromatic rings. The Morgan fingerprint density at radius 2 is 1.59 bits per heavy atom. The van der Waals surface area contributed by atoms with E-state index in [1.54, 1.807) is 65.0 Å². The second kappa shape index (κ2) is 19.7. The van der Waals surface area contributed by atoms with Crippen molar-refractivity contribution in [3.63, 3.8) is 0 Å². The predicted octanol–water partition coefficient (Wildman–Crippen LogP) is 5.00. The van der Waals surface area contributed by atoms with Crippen molar-refractivity contribution in [1.82, 2.24) is 10.2 Å². The van der Waals surface area contributed by atoms with Crippen LogP contribution >= 0.6 is 0 Å². The van der Waals surface area contributed by atoms with Crippen LogP contribution < -0.4 is 5.32 Å². The zero-order valence-corrected chi connectivity index (χ0v) is 38.2. The zero-order valence-electron chi connectivity index (χ0n) is 38.2. The van der Waals surface area contributed by atoms with Gasteiger partial charge < -0.3 is 43.7 Å². The molecule has 7 rings (SSSR count). The van der Waals surface area contributed by atoms with E-state index in [0.29, 0.717) is 18.4 Å². The second-order valence-electron chi connectivity index (χ2n) is 19.0. The van der Waals surface area contributed by atoms with Gasteiger partial charge in [0.15, 0.2) is 5.79 Å². The number of hydrogen-bond acceptors (Lipinski definition) is 13. The van der Waals surface area contributed by atoms with Gasteiger partial charge in [-0.15, -0.1) is 0 Å². The molecule has 1 spiro atoms. The number of carbonyl (C=O) groups excluding carboxylic acids is 6. The van der Waals surface area contributed by atoms with Crippen LogP contribution in [-0.2, 0) is 71.7 Å². The molecule has 4 aliphatic rings. The third-order valence-electron chi connectivity index (χ3n) is 12.1. The molecule has 2 heterocycles. The largest absolute Gasteiger partial charge is 0.462 e. The maximum atomic E-state index is 14.7. The maximum Gasteiger partial charge on any atom is 0.348 e. The van der Waals surface area contributed by atoms with E-state index in [1.165, 1.54) is 24.1 Å². The van der Waals surface area contributed by atoms with Crippen molar-refractivity contribution in [2.45, 2.75) is 121 Å². The molecular weight excluding hydrogens is 849 g/mol. The van der Waals surface area contributed by atoms with Gasteiger partial charge in [-0.25, -0.2) is 14.4 Å². The molecular formula is C51H58N2O13. The lowest BCUT2D eigenvalue weighted by atomic mass is 9.90. The van der Waals surface area contributed by atoms with Crippen LogP contribution in [0.25, 0.3) is 6.08 Å². The van der Waals surface area contributed by atoms with Gasteiger partial charge in [-0.2, -0.15) is 0 Å². The Kier molecular flexibility index (Phi) is 14.3. The summed E-state index contributed by atoms with van der Waals surface area (Å²) in [6.45, 7) is 8.52. The molecule has 0 bridgehead atoms. The molecule has 3 aromatic carbocycles. The fourth-order valence-corrected chi connectivity index (χ4v) is 8.65. The van der Waals surface area contributed by atoms with Crippen molar-refractivity contribution in [3.05, 3.63) is 124 Å². The van der Waals surface area contributed by atoms with E-state index in [1.807, 2.05) is 54.6 Å². The van der Waals surface area contributed by atoms with Crippen molar-refractivity contribution in [2.75, 3.05) is 20.3 Å². The highest BCUT2D eigenvalue weighted by Crippen LogP contribution is 2.45. The molecule has 0 radical (unpaired) electrons. The van der Waals surface area contributed by atoms with Crippen molar-refractivity contribution >= 4 is 41.8 Å². The van der Waals surface area contributed by atoms with Gasteiger partial charge in [0.05, 0.1) is 18.2 Å². The van der Waals surface area contributed by atoms with Crippen LogP contribution in [0.2, 0.25) is 0 Å². The van der Waals surface area contributed by atoms with Gasteiger partial charge in [0.2, 0.25) is 17.9 Å². The summed E-state index contributed by atoms with van der Waals surface area (Å²) in [6, 6.07) is 21.6. The molecule has 6 unspecified atom stereocenters. The number of nitrogens with one attached hydrogen (secondary N) is 1. The Balaban J connectivity index is 1.08. The Hall–Kier alpha value is -6.16. The summed E-state index contributed by atoms with van der Waals surface area (Å²) >= 11 is 0. The first-order chi connectivity index (χ1) is 31.3. The van der Waals surface area contributed by atoms with Gasteiger partial charge in [-0.05, 0) is 73.7 Å². The number of fused-ring (bicyclic) bond motifs is 2. The number of aliphatic hydroxyl groups is 1. The number of carbonyl (C=O) groups is 6. The predicted molar refractivity (Wildman–Crippen MR) is 239 cm³/mol. The van der Waals surface area contributed by atoms with Crippen LogP contribution in [0.5, 0.6) is 0 Å². The standard InChI is InChI=1S/C51H58N2O13/c1-49(2,3)65-42(56)23-21-37(29-54)52-45(57)38(24-32-12-8-7-9-13-32)53(6)46(58)36-25-39(43-40(26-36)64-51(66-43)27-34-14-10-11-15-35(34)28-51)62-47(59)33-19-16-31(17-20-33)18-22-41(55)63-44-48(60)61-30-50(44,4)5/h7-20,22,26,37-40,43-44,54H,21,23-25,27-30H2,1-6H3,(H,52,57). The molecule has 6 atom stereocenters. The highest BCUT2D eigenvalue weighted by molar-refractivity contribution is 5.97. The molecule has 15 nitrogen and oxygen atoms in total. The van der Waals surface area contributed by atoms with E-state index in [4.69, 9.17) is 28.4 Å². The van der Waals surface area contributed by atoms with E-state index < -0.39 is 95.6 Å². The monoisotopic (exact) mass is 906 g/mol. The number of rotatable bonds is 15. The Morgan fingerprint density at radius 1 is 0.924 bits per heavy atom. The van der Waals surface area contributed by atoms with Crippen LogP contribution in [-0.4, -0.2) is 114 Å². The van der Waals surface area contributed by atoms with Gasteiger partial charge in [0.25, 0.3) is 0 Å². The minimum absolute atomic E-state index is 0.0393. The van der Waals surface area contributed by atoms with Gasteiger partial charge in [0, 0.05) is 56.2 Å². The minimum Gasteiger partial charge on any atom is -0.462 e. The molecule has 15 heteroatoms. The van der Waals surface area contributed by atoms with E-state index >= 15 is 0 Å². The van der Waals surface area contributed by atoms with Crippen LogP contribution in [0.15, 0.2) is 96.6 Å². The average molecular weight is 907 g/mol. The lowest BCUT2D eigenvalue weighted by Gasteiger charge is -2.34. The first kappa shape index (κ1) is 47.8. The van der Waals surface area contributed by atoms with Crippen molar-refractivity contribution < 1.29 is 62.3 Å². The number of hydrogen-bond donors (Lipinski definition) is 2. The van der Waals surface area contributed by atoms with Crippen LogP contribution in [0.4, 0.5) is 0 Å². The van der Waals surface area contributed by atoms with Gasteiger partial charge in [-0.1, -0.05) is 80.6 Å². The lowest BCUT2D eigenvalue weighted by molar-refractivity contribution is -0.172. The normalized spacial score (nSPS) is 22.3. The van der Waals surface area contributed by atoms with Crippen LogP contribution in [0.1, 0.15) is 86.5 Å². The first-order valence-corrected chi connectivity index (χ1v) is 22.3. The minimum atomic E-state index is -1.05.